The van der Waals surface area contributed by atoms with Crippen molar-refractivity contribution >= 4 is 17.9 Å². The van der Waals surface area contributed by atoms with Crippen molar-refractivity contribution in [2.75, 3.05) is 21.3 Å². The maximum Gasteiger partial charge on any atom is 0.307 e. The molecule has 0 N–H and O–H groups in total. The largest absolute Gasteiger partial charge is 0.493 e. The van der Waals surface area contributed by atoms with Crippen LogP contribution in [0.3, 0.4) is 0 Å². The van der Waals surface area contributed by atoms with Crippen LogP contribution < -0.4 is 14.2 Å². The Morgan fingerprint density at radius 3 is 1.90 bits per heavy atom. The molecule has 9 heteroatoms. The van der Waals surface area contributed by atoms with Crippen molar-refractivity contribution in [3.8, 4) is 17.2 Å². The summed E-state index contributed by atoms with van der Waals surface area (Å²) in [6, 6.07) is 3.58. The van der Waals surface area contributed by atoms with E-state index in [9.17, 15) is 14.4 Å². The van der Waals surface area contributed by atoms with Gasteiger partial charge in [-0.1, -0.05) is 0 Å². The zero-order chi connectivity index (χ0) is 23.4. The third kappa shape index (κ3) is 8.81. The van der Waals surface area contributed by atoms with E-state index < -0.39 is 24.0 Å². The van der Waals surface area contributed by atoms with Crippen LogP contribution in [0.25, 0.3) is 0 Å². The maximum atomic E-state index is 11.7. The van der Waals surface area contributed by atoms with Crippen LogP contribution >= 0.6 is 0 Å². The van der Waals surface area contributed by atoms with Crippen molar-refractivity contribution in [2.24, 2.45) is 0 Å². The molecule has 1 aromatic carbocycles. The standard InChI is InChI=1S/C22H28O9/c1-14(23)29-10-9-18(13-30-15(2)24)19(31-16(3)25)8-7-17-11-20(26-4)22(28-6)21(12-17)27-5/h9-13,19H,7-8H2,1-6H3/b10-9+,18-13-. The highest BCUT2D eigenvalue weighted by atomic mass is 16.6. The minimum Gasteiger partial charge on any atom is -0.493 e. The lowest BCUT2D eigenvalue weighted by Crippen LogP contribution is -2.20. The van der Waals surface area contributed by atoms with E-state index in [-0.39, 0.29) is 0 Å². The van der Waals surface area contributed by atoms with Crippen LogP contribution in [0, 0.1) is 0 Å². The van der Waals surface area contributed by atoms with Crippen molar-refractivity contribution in [3.05, 3.63) is 41.9 Å². The van der Waals surface area contributed by atoms with Gasteiger partial charge < -0.3 is 28.4 Å². The van der Waals surface area contributed by atoms with Gasteiger partial charge in [-0.25, -0.2) is 0 Å². The van der Waals surface area contributed by atoms with Gasteiger partial charge in [0.05, 0.1) is 27.6 Å². The molecule has 1 rings (SSSR count). The Hall–Kier alpha value is -3.49. The van der Waals surface area contributed by atoms with Crippen LogP contribution in [0.1, 0.15) is 32.8 Å². The topological polar surface area (TPSA) is 107 Å². The first-order valence-corrected chi connectivity index (χ1v) is 9.38. The van der Waals surface area contributed by atoms with Gasteiger partial charge in [-0.05, 0) is 36.6 Å². The number of ether oxygens (including phenoxy) is 6. The summed E-state index contributed by atoms with van der Waals surface area (Å²) in [5, 5.41) is 0. The molecule has 0 heterocycles. The molecule has 0 saturated carbocycles. The molecule has 0 radical (unpaired) electrons. The van der Waals surface area contributed by atoms with Gasteiger partial charge in [-0.3, -0.25) is 14.4 Å². The first kappa shape index (κ1) is 25.5. The molecule has 0 aliphatic carbocycles. The predicted molar refractivity (Wildman–Crippen MR) is 111 cm³/mol. The highest BCUT2D eigenvalue weighted by molar-refractivity contribution is 5.68. The zero-order valence-corrected chi connectivity index (χ0v) is 18.6. The van der Waals surface area contributed by atoms with Crippen molar-refractivity contribution in [1.29, 1.82) is 0 Å². The predicted octanol–water partition coefficient (Wildman–Crippen LogP) is 3.10. The van der Waals surface area contributed by atoms with Crippen LogP contribution in [-0.4, -0.2) is 45.3 Å². The van der Waals surface area contributed by atoms with Gasteiger partial charge in [-0.15, -0.1) is 0 Å². The van der Waals surface area contributed by atoms with E-state index >= 15 is 0 Å². The van der Waals surface area contributed by atoms with Gasteiger partial charge in [0.2, 0.25) is 5.75 Å². The second kappa shape index (κ2) is 12.9. The van der Waals surface area contributed by atoms with E-state index in [2.05, 4.69) is 0 Å². The summed E-state index contributed by atoms with van der Waals surface area (Å²) < 4.78 is 31.2. The fourth-order valence-corrected chi connectivity index (χ4v) is 2.65. The fourth-order valence-electron chi connectivity index (χ4n) is 2.65. The number of hydrogen-bond donors (Lipinski definition) is 0. The average molecular weight is 436 g/mol. The molecule has 1 unspecified atom stereocenters. The highest BCUT2D eigenvalue weighted by Gasteiger charge is 2.19. The summed E-state index contributed by atoms with van der Waals surface area (Å²) in [7, 11) is 4.54. The number of carbonyl (C=O) groups is 3. The summed E-state index contributed by atoms with van der Waals surface area (Å²) >= 11 is 0. The number of carbonyl (C=O) groups excluding carboxylic acids is 3. The number of rotatable bonds is 11. The summed E-state index contributed by atoms with van der Waals surface area (Å²) in [6.45, 7) is 3.75. The van der Waals surface area contributed by atoms with E-state index in [0.29, 0.717) is 35.7 Å². The number of benzene rings is 1. The molecule has 1 aromatic rings. The number of esters is 3. The smallest absolute Gasteiger partial charge is 0.307 e. The minimum atomic E-state index is -0.775. The van der Waals surface area contributed by atoms with Crippen LogP contribution in [0.15, 0.2) is 36.3 Å². The average Bonchev–Trinajstić information content (AvgIpc) is 2.71. The number of hydrogen-bond acceptors (Lipinski definition) is 9. The SMILES string of the molecule is COc1cc(CCC(OC(C)=O)C(=C\OC(C)=O)/C=C/OC(C)=O)cc(OC)c1OC. The Morgan fingerprint density at radius 1 is 0.871 bits per heavy atom. The number of aryl methyl sites for hydroxylation is 1. The third-order valence-electron chi connectivity index (χ3n) is 3.96. The van der Waals surface area contributed by atoms with E-state index in [1.54, 1.807) is 12.1 Å². The Bertz CT molecular complexity index is 814. The summed E-state index contributed by atoms with van der Waals surface area (Å²) in [5.74, 6) is -0.152. The van der Waals surface area contributed by atoms with Gasteiger partial charge in [-0.2, -0.15) is 0 Å². The Morgan fingerprint density at radius 2 is 1.45 bits per heavy atom. The van der Waals surface area contributed by atoms with Gasteiger partial charge in [0, 0.05) is 26.3 Å². The van der Waals surface area contributed by atoms with E-state index in [4.69, 9.17) is 28.4 Å². The highest BCUT2D eigenvalue weighted by Crippen LogP contribution is 2.38. The van der Waals surface area contributed by atoms with Gasteiger partial charge >= 0.3 is 17.9 Å². The molecule has 170 valence electrons. The Labute approximate surface area is 181 Å². The van der Waals surface area contributed by atoms with Crippen molar-refractivity contribution in [2.45, 2.75) is 39.7 Å². The zero-order valence-electron chi connectivity index (χ0n) is 18.6. The summed E-state index contributed by atoms with van der Waals surface area (Å²) in [4.78, 5) is 33.9. The maximum absolute atomic E-state index is 11.7. The Kier molecular flexibility index (Phi) is 10.7. The quantitative estimate of drug-likeness (QED) is 0.224. The van der Waals surface area contributed by atoms with Gasteiger partial charge in [0.25, 0.3) is 0 Å². The monoisotopic (exact) mass is 436 g/mol. The van der Waals surface area contributed by atoms with Crippen LogP contribution in [0.5, 0.6) is 17.2 Å². The molecule has 0 saturated heterocycles. The van der Waals surface area contributed by atoms with Crippen LogP contribution in [-0.2, 0) is 35.0 Å². The fraction of sp³-hybridized carbons (Fsp3) is 0.409. The van der Waals surface area contributed by atoms with Crippen LogP contribution in [0.2, 0.25) is 0 Å². The van der Waals surface area contributed by atoms with E-state index in [1.807, 2.05) is 0 Å². The second-order valence-corrected chi connectivity index (χ2v) is 6.31. The molecule has 0 bridgehead atoms. The molecule has 0 aliphatic rings. The molecule has 0 spiro atoms. The van der Waals surface area contributed by atoms with E-state index in [0.717, 1.165) is 18.1 Å². The lowest BCUT2D eigenvalue weighted by atomic mass is 10.0. The van der Waals surface area contributed by atoms with Gasteiger partial charge in [0.15, 0.2) is 11.5 Å². The molecule has 31 heavy (non-hydrogen) atoms. The molecule has 1 atom stereocenters. The molecule has 0 amide bonds. The minimum absolute atomic E-state index is 0.329. The lowest BCUT2D eigenvalue weighted by molar-refractivity contribution is -0.145. The molecule has 0 aromatic heterocycles. The first-order valence-electron chi connectivity index (χ1n) is 9.38. The van der Waals surface area contributed by atoms with Crippen LogP contribution in [0.4, 0.5) is 0 Å². The molecular weight excluding hydrogens is 408 g/mol. The molecule has 0 fully saturated rings. The molecule has 9 nitrogen and oxygen atoms in total. The first-order chi connectivity index (χ1) is 14.7. The summed E-state index contributed by atoms with van der Waals surface area (Å²) in [6.07, 6.45) is 3.69. The molecule has 0 aliphatic heterocycles. The number of methoxy groups -OCH3 is 3. The third-order valence-corrected chi connectivity index (χ3v) is 3.96. The second-order valence-electron chi connectivity index (χ2n) is 6.31. The van der Waals surface area contributed by atoms with Crippen molar-refractivity contribution < 1.29 is 42.8 Å². The molecular formula is C22H28O9. The van der Waals surface area contributed by atoms with Gasteiger partial charge in [0.1, 0.15) is 12.4 Å². The normalized spacial score (nSPS) is 12.1. The van der Waals surface area contributed by atoms with E-state index in [1.165, 1.54) is 48.2 Å². The summed E-state index contributed by atoms with van der Waals surface area (Å²) in [5.41, 5.74) is 1.17. The van der Waals surface area contributed by atoms with Crippen molar-refractivity contribution in [1.82, 2.24) is 0 Å². The Balaban J connectivity index is 3.18. The van der Waals surface area contributed by atoms with Crippen molar-refractivity contribution in [3.63, 3.8) is 0 Å². The lowest BCUT2D eigenvalue weighted by Gasteiger charge is -2.19.